The van der Waals surface area contributed by atoms with Gasteiger partial charge in [-0.15, -0.1) is 0 Å². The summed E-state index contributed by atoms with van der Waals surface area (Å²) in [6.45, 7) is -0.264. The van der Waals surface area contributed by atoms with Crippen LogP contribution in [0.5, 0.6) is 5.75 Å². The lowest BCUT2D eigenvalue weighted by Gasteiger charge is -2.13. The lowest BCUT2D eigenvalue weighted by molar-refractivity contribution is 0.273. The molecule has 0 amide bonds. The lowest BCUT2D eigenvalue weighted by Crippen LogP contribution is -2.22. The molecule has 0 bridgehead atoms. The second kappa shape index (κ2) is 4.82. The van der Waals surface area contributed by atoms with Crippen molar-refractivity contribution in [2.45, 2.75) is 11.5 Å². The summed E-state index contributed by atoms with van der Waals surface area (Å²) in [6, 6.07) is 4.39. The van der Waals surface area contributed by atoms with E-state index in [0.29, 0.717) is 11.3 Å². The van der Waals surface area contributed by atoms with Gasteiger partial charge in [0.25, 0.3) is 0 Å². The molecule has 1 N–H and O–H groups in total. The highest BCUT2D eigenvalue weighted by atomic mass is 32.2. The maximum atomic E-state index is 11.8. The molecule has 90 valence electrons. The van der Waals surface area contributed by atoms with Crippen molar-refractivity contribution in [1.82, 2.24) is 4.31 Å². The third-order valence-corrected chi connectivity index (χ3v) is 4.01. The van der Waals surface area contributed by atoms with Gasteiger partial charge in [-0.1, -0.05) is 0 Å². The zero-order valence-corrected chi connectivity index (χ0v) is 10.3. The maximum Gasteiger partial charge on any atom is 0.242 e. The van der Waals surface area contributed by atoms with Gasteiger partial charge in [-0.25, -0.2) is 12.7 Å². The molecule has 6 heteroatoms. The van der Waals surface area contributed by atoms with E-state index in [9.17, 15) is 8.42 Å². The van der Waals surface area contributed by atoms with E-state index in [1.54, 1.807) is 0 Å². The predicted molar refractivity (Wildman–Crippen MR) is 59.8 cm³/mol. The Labute approximate surface area is 95.3 Å². The van der Waals surface area contributed by atoms with Crippen LogP contribution in [-0.4, -0.2) is 39.0 Å². The summed E-state index contributed by atoms with van der Waals surface area (Å²) >= 11 is 0. The van der Waals surface area contributed by atoms with Crippen LogP contribution in [0.15, 0.2) is 23.1 Å². The fourth-order valence-corrected chi connectivity index (χ4v) is 2.20. The first-order valence-electron chi connectivity index (χ1n) is 4.63. The highest BCUT2D eigenvalue weighted by Crippen LogP contribution is 2.23. The summed E-state index contributed by atoms with van der Waals surface area (Å²) in [7, 11) is 0.912. The number of aliphatic hydroxyl groups is 1. The molecule has 0 spiro atoms. The fraction of sp³-hybridized carbons (Fsp3) is 0.400. The Morgan fingerprint density at radius 1 is 1.38 bits per heavy atom. The first-order chi connectivity index (χ1) is 7.43. The van der Waals surface area contributed by atoms with E-state index in [0.717, 1.165) is 4.31 Å². The summed E-state index contributed by atoms with van der Waals surface area (Å²) < 4.78 is 29.7. The van der Waals surface area contributed by atoms with Gasteiger partial charge >= 0.3 is 0 Å². The van der Waals surface area contributed by atoms with Gasteiger partial charge in [0.1, 0.15) is 5.75 Å². The van der Waals surface area contributed by atoms with Crippen LogP contribution >= 0.6 is 0 Å². The quantitative estimate of drug-likeness (QED) is 0.835. The number of methoxy groups -OCH3 is 1. The van der Waals surface area contributed by atoms with E-state index in [4.69, 9.17) is 9.84 Å². The molecule has 0 aliphatic rings. The zero-order valence-electron chi connectivity index (χ0n) is 9.47. The molecule has 0 radical (unpaired) electrons. The summed E-state index contributed by atoms with van der Waals surface area (Å²) in [4.78, 5) is 0.141. The molecule has 0 fully saturated rings. The van der Waals surface area contributed by atoms with Crippen molar-refractivity contribution < 1.29 is 18.3 Å². The molecule has 0 saturated heterocycles. The molecule has 0 aromatic heterocycles. The monoisotopic (exact) mass is 245 g/mol. The van der Waals surface area contributed by atoms with Crippen LogP contribution in [0.1, 0.15) is 5.56 Å². The molecular formula is C10H15NO4S. The summed E-state index contributed by atoms with van der Waals surface area (Å²) in [5, 5.41) is 9.09. The molecule has 0 atom stereocenters. The Kier molecular flexibility index (Phi) is 3.90. The molecule has 0 heterocycles. The molecule has 5 nitrogen and oxygen atoms in total. The van der Waals surface area contributed by atoms with Gasteiger partial charge < -0.3 is 9.84 Å². The minimum atomic E-state index is -3.47. The largest absolute Gasteiger partial charge is 0.496 e. The molecule has 0 saturated carbocycles. The average Bonchev–Trinajstić information content (AvgIpc) is 2.27. The minimum Gasteiger partial charge on any atom is -0.496 e. The van der Waals surface area contributed by atoms with Crippen molar-refractivity contribution in [3.63, 3.8) is 0 Å². The molecule has 16 heavy (non-hydrogen) atoms. The standard InChI is InChI=1S/C10H15NO4S/c1-11(2)16(13,14)9-4-5-10(15-3)8(6-9)7-12/h4-6,12H,7H2,1-3H3. The van der Waals surface area contributed by atoms with Gasteiger partial charge in [0.15, 0.2) is 0 Å². The molecular weight excluding hydrogens is 230 g/mol. The maximum absolute atomic E-state index is 11.8. The van der Waals surface area contributed by atoms with E-state index in [1.807, 2.05) is 0 Å². The van der Waals surface area contributed by atoms with Crippen molar-refractivity contribution in [1.29, 1.82) is 0 Å². The summed E-state index contributed by atoms with van der Waals surface area (Å²) in [5.41, 5.74) is 0.449. The predicted octanol–water partition coefficient (Wildman–Crippen LogP) is 0.438. The van der Waals surface area contributed by atoms with E-state index in [1.165, 1.54) is 39.4 Å². The first kappa shape index (κ1) is 13.0. The molecule has 1 aromatic rings. The number of hydrogen-bond acceptors (Lipinski definition) is 4. The van der Waals surface area contributed by atoms with E-state index in [-0.39, 0.29) is 11.5 Å². The third kappa shape index (κ3) is 2.34. The molecule has 0 unspecified atom stereocenters. The minimum absolute atomic E-state index is 0.141. The Morgan fingerprint density at radius 2 is 2.00 bits per heavy atom. The molecule has 0 aliphatic carbocycles. The van der Waals surface area contributed by atoms with Crippen LogP contribution in [0.3, 0.4) is 0 Å². The fourth-order valence-electron chi connectivity index (χ4n) is 1.25. The Bertz CT molecular complexity index is 468. The number of nitrogens with zero attached hydrogens (tertiary/aromatic N) is 1. The van der Waals surface area contributed by atoms with Gasteiger partial charge in [0.2, 0.25) is 10.0 Å². The van der Waals surface area contributed by atoms with Crippen molar-refractivity contribution in [3.8, 4) is 5.75 Å². The number of ether oxygens (including phenoxy) is 1. The van der Waals surface area contributed by atoms with Crippen LogP contribution in [0.4, 0.5) is 0 Å². The van der Waals surface area contributed by atoms with Crippen molar-refractivity contribution >= 4 is 10.0 Å². The van der Waals surface area contributed by atoms with Gasteiger partial charge in [-0.05, 0) is 18.2 Å². The van der Waals surface area contributed by atoms with Gasteiger partial charge in [-0.3, -0.25) is 0 Å². The SMILES string of the molecule is COc1ccc(S(=O)(=O)N(C)C)cc1CO. The molecule has 1 aromatic carbocycles. The van der Waals surface area contributed by atoms with Crippen LogP contribution < -0.4 is 4.74 Å². The van der Waals surface area contributed by atoms with Crippen LogP contribution in [0, 0.1) is 0 Å². The smallest absolute Gasteiger partial charge is 0.242 e. The lowest BCUT2D eigenvalue weighted by atomic mass is 10.2. The van der Waals surface area contributed by atoms with Gasteiger partial charge in [0.05, 0.1) is 18.6 Å². The molecule has 1 rings (SSSR count). The second-order valence-corrected chi connectivity index (χ2v) is 5.57. The van der Waals surface area contributed by atoms with E-state index >= 15 is 0 Å². The third-order valence-electron chi connectivity index (χ3n) is 2.20. The van der Waals surface area contributed by atoms with E-state index < -0.39 is 10.0 Å². The number of rotatable bonds is 4. The van der Waals surface area contributed by atoms with Crippen LogP contribution in [0.25, 0.3) is 0 Å². The Hall–Kier alpha value is -1.11. The normalized spacial score (nSPS) is 11.8. The topological polar surface area (TPSA) is 66.8 Å². The number of hydrogen-bond donors (Lipinski definition) is 1. The average molecular weight is 245 g/mol. The number of aliphatic hydroxyl groups excluding tert-OH is 1. The van der Waals surface area contributed by atoms with Crippen LogP contribution in [0.2, 0.25) is 0 Å². The highest BCUT2D eigenvalue weighted by Gasteiger charge is 2.18. The summed E-state index contributed by atoms with van der Waals surface area (Å²) in [5.74, 6) is 0.472. The summed E-state index contributed by atoms with van der Waals surface area (Å²) in [6.07, 6.45) is 0. The van der Waals surface area contributed by atoms with Crippen molar-refractivity contribution in [2.24, 2.45) is 0 Å². The van der Waals surface area contributed by atoms with Crippen molar-refractivity contribution in [3.05, 3.63) is 23.8 Å². The van der Waals surface area contributed by atoms with Crippen molar-refractivity contribution in [2.75, 3.05) is 21.2 Å². The van der Waals surface area contributed by atoms with Gasteiger partial charge in [-0.2, -0.15) is 0 Å². The van der Waals surface area contributed by atoms with E-state index in [2.05, 4.69) is 0 Å². The molecule has 0 aliphatic heterocycles. The van der Waals surface area contributed by atoms with Gasteiger partial charge in [0, 0.05) is 19.7 Å². The highest BCUT2D eigenvalue weighted by molar-refractivity contribution is 7.89. The van der Waals surface area contributed by atoms with Crippen LogP contribution in [-0.2, 0) is 16.6 Å². The number of sulfonamides is 1. The second-order valence-electron chi connectivity index (χ2n) is 3.42. The Morgan fingerprint density at radius 3 is 2.44 bits per heavy atom. The number of benzene rings is 1. The first-order valence-corrected chi connectivity index (χ1v) is 6.07. The zero-order chi connectivity index (χ0) is 12.3. The Balaban J connectivity index is 3.29.